The molecule has 0 radical (unpaired) electrons. The fourth-order valence-electron chi connectivity index (χ4n) is 2.93. The molecule has 0 atom stereocenters. The van der Waals surface area contributed by atoms with E-state index in [-0.39, 0.29) is 17.9 Å². The van der Waals surface area contributed by atoms with Crippen molar-refractivity contribution in [3.63, 3.8) is 0 Å². The smallest absolute Gasteiger partial charge is 0.230 e. The van der Waals surface area contributed by atoms with Crippen molar-refractivity contribution < 1.29 is 9.90 Å². The molecule has 1 aliphatic carbocycles. The molecule has 0 bridgehead atoms. The lowest BCUT2D eigenvalue weighted by Crippen LogP contribution is -2.35. The first-order chi connectivity index (χ1) is 9.64. The summed E-state index contributed by atoms with van der Waals surface area (Å²) in [4.78, 5) is 12.5. The Balaban J connectivity index is 2.00. The van der Waals surface area contributed by atoms with Crippen molar-refractivity contribution in [1.82, 2.24) is 0 Å². The number of hydrogen-bond donors (Lipinski definition) is 2. The van der Waals surface area contributed by atoms with Crippen LogP contribution in [-0.4, -0.2) is 17.6 Å². The number of aryl methyl sites for hydroxylation is 1. The molecule has 1 amide bonds. The molecule has 0 spiro atoms. The molecule has 0 heterocycles. The van der Waals surface area contributed by atoms with Gasteiger partial charge in [0.05, 0.1) is 0 Å². The number of nitrogens with one attached hydrogen (secondary N) is 1. The molecule has 0 aliphatic heterocycles. The maximum Gasteiger partial charge on any atom is 0.230 e. The lowest BCUT2D eigenvalue weighted by atomic mass is 9.75. The molecule has 110 valence electrons. The first kappa shape index (κ1) is 15.0. The van der Waals surface area contributed by atoms with Crippen LogP contribution in [0.2, 0.25) is 0 Å². The Hall–Kier alpha value is -1.35. The van der Waals surface area contributed by atoms with Gasteiger partial charge in [-0.2, -0.15) is 0 Å². The van der Waals surface area contributed by atoms with E-state index in [1.807, 2.05) is 24.3 Å². The fraction of sp³-hybridized carbons (Fsp3) is 0.588. The molecule has 0 aromatic heterocycles. The molecule has 2 N–H and O–H groups in total. The van der Waals surface area contributed by atoms with Gasteiger partial charge in [0.1, 0.15) is 0 Å². The van der Waals surface area contributed by atoms with Crippen molar-refractivity contribution in [2.24, 2.45) is 5.41 Å². The molecule has 1 fully saturated rings. The van der Waals surface area contributed by atoms with E-state index in [0.717, 1.165) is 49.8 Å². The topological polar surface area (TPSA) is 49.3 Å². The van der Waals surface area contributed by atoms with Crippen molar-refractivity contribution in [3.05, 3.63) is 29.8 Å². The summed E-state index contributed by atoms with van der Waals surface area (Å²) in [7, 11) is 0. The Morgan fingerprint density at radius 1 is 1.30 bits per heavy atom. The summed E-state index contributed by atoms with van der Waals surface area (Å²) >= 11 is 0. The third-order valence-electron chi connectivity index (χ3n) is 4.31. The minimum absolute atomic E-state index is 0.150. The van der Waals surface area contributed by atoms with Crippen LogP contribution in [0.25, 0.3) is 0 Å². The van der Waals surface area contributed by atoms with Gasteiger partial charge >= 0.3 is 0 Å². The van der Waals surface area contributed by atoms with Gasteiger partial charge in [-0.25, -0.2) is 0 Å². The lowest BCUT2D eigenvalue weighted by molar-refractivity contribution is -0.126. The number of anilines is 1. The summed E-state index contributed by atoms with van der Waals surface area (Å²) in [5, 5.41) is 11.9. The van der Waals surface area contributed by atoms with Crippen LogP contribution in [0.1, 0.15) is 51.0 Å². The van der Waals surface area contributed by atoms with E-state index in [1.54, 1.807) is 0 Å². The molecule has 0 saturated heterocycles. The highest BCUT2D eigenvalue weighted by molar-refractivity contribution is 5.95. The summed E-state index contributed by atoms with van der Waals surface area (Å²) < 4.78 is 0. The van der Waals surface area contributed by atoms with Crippen molar-refractivity contribution in [1.29, 1.82) is 0 Å². The third kappa shape index (κ3) is 3.83. The van der Waals surface area contributed by atoms with Crippen molar-refractivity contribution >= 4 is 11.6 Å². The molecular formula is C17H25NO2. The van der Waals surface area contributed by atoms with Gasteiger partial charge in [-0.1, -0.05) is 38.3 Å². The second-order valence-corrected chi connectivity index (χ2v) is 6.10. The standard InChI is InChI=1S/C17H25NO2/c1-17(10-3-2-4-11-17)16(20)18-15-9-5-7-14(13-15)8-6-12-19/h5,7,9,13,19H,2-4,6,8,10-12H2,1H3,(H,18,20). The number of benzene rings is 1. The van der Waals surface area contributed by atoms with Gasteiger partial charge in [0.25, 0.3) is 0 Å². The largest absolute Gasteiger partial charge is 0.396 e. The average molecular weight is 275 g/mol. The number of carbonyl (C=O) groups is 1. The normalized spacial score (nSPS) is 17.7. The molecule has 20 heavy (non-hydrogen) atoms. The van der Waals surface area contributed by atoms with Gasteiger partial charge in [-0.05, 0) is 43.4 Å². The minimum atomic E-state index is -0.209. The first-order valence-electron chi connectivity index (χ1n) is 7.65. The van der Waals surface area contributed by atoms with Gasteiger partial charge in [0.2, 0.25) is 5.91 Å². The summed E-state index contributed by atoms with van der Waals surface area (Å²) in [6.45, 7) is 2.28. The summed E-state index contributed by atoms with van der Waals surface area (Å²) in [6, 6.07) is 7.95. The van der Waals surface area contributed by atoms with Crippen molar-refractivity contribution in [2.75, 3.05) is 11.9 Å². The van der Waals surface area contributed by atoms with Crippen molar-refractivity contribution in [3.8, 4) is 0 Å². The van der Waals surface area contributed by atoms with E-state index >= 15 is 0 Å². The van der Waals surface area contributed by atoms with E-state index in [4.69, 9.17) is 5.11 Å². The van der Waals surface area contributed by atoms with E-state index in [0.29, 0.717) is 0 Å². The van der Waals surface area contributed by atoms with Crippen molar-refractivity contribution in [2.45, 2.75) is 51.9 Å². The zero-order valence-corrected chi connectivity index (χ0v) is 12.3. The zero-order valence-electron chi connectivity index (χ0n) is 12.3. The molecule has 0 unspecified atom stereocenters. The Morgan fingerprint density at radius 3 is 2.75 bits per heavy atom. The zero-order chi connectivity index (χ0) is 14.4. The average Bonchev–Trinajstić information content (AvgIpc) is 2.46. The maximum atomic E-state index is 12.5. The Kier molecular flexibility index (Phi) is 5.18. The van der Waals surface area contributed by atoms with E-state index in [9.17, 15) is 4.79 Å². The van der Waals surface area contributed by atoms with Crippen LogP contribution in [0.3, 0.4) is 0 Å². The number of hydrogen-bond acceptors (Lipinski definition) is 2. The highest BCUT2D eigenvalue weighted by Gasteiger charge is 2.34. The van der Waals surface area contributed by atoms with E-state index in [2.05, 4.69) is 12.2 Å². The van der Waals surface area contributed by atoms with Crippen LogP contribution in [0.4, 0.5) is 5.69 Å². The predicted molar refractivity (Wildman–Crippen MR) is 81.7 cm³/mol. The van der Waals surface area contributed by atoms with Crippen LogP contribution < -0.4 is 5.32 Å². The molecule has 1 aliphatic rings. The van der Waals surface area contributed by atoms with Gasteiger partial charge in [-0.15, -0.1) is 0 Å². The molecule has 3 heteroatoms. The van der Waals surface area contributed by atoms with Gasteiger partial charge in [0, 0.05) is 17.7 Å². The monoisotopic (exact) mass is 275 g/mol. The summed E-state index contributed by atoms with van der Waals surface area (Å²) in [5.41, 5.74) is 1.82. The molecular weight excluding hydrogens is 250 g/mol. The number of rotatable bonds is 5. The Labute approximate surface area is 121 Å². The third-order valence-corrected chi connectivity index (χ3v) is 4.31. The second-order valence-electron chi connectivity index (χ2n) is 6.10. The van der Waals surface area contributed by atoms with E-state index in [1.165, 1.54) is 6.42 Å². The number of aliphatic hydroxyl groups excluding tert-OH is 1. The van der Waals surface area contributed by atoms with Gasteiger partial charge < -0.3 is 10.4 Å². The molecule has 1 saturated carbocycles. The molecule has 3 nitrogen and oxygen atoms in total. The highest BCUT2D eigenvalue weighted by atomic mass is 16.2. The summed E-state index contributed by atoms with van der Waals surface area (Å²) in [6.07, 6.45) is 7.14. The lowest BCUT2D eigenvalue weighted by Gasteiger charge is -2.32. The number of carbonyl (C=O) groups excluding carboxylic acids is 1. The Bertz CT molecular complexity index is 450. The van der Waals surface area contributed by atoms with Crippen LogP contribution >= 0.6 is 0 Å². The van der Waals surface area contributed by atoms with E-state index < -0.39 is 0 Å². The van der Waals surface area contributed by atoms with Gasteiger partial charge in [0.15, 0.2) is 0 Å². The van der Waals surface area contributed by atoms with Gasteiger partial charge in [-0.3, -0.25) is 4.79 Å². The molecule has 2 rings (SSSR count). The number of aliphatic hydroxyl groups is 1. The second kappa shape index (κ2) is 6.89. The van der Waals surface area contributed by atoms with Crippen LogP contribution in [-0.2, 0) is 11.2 Å². The van der Waals surface area contributed by atoms with Crippen LogP contribution in [0, 0.1) is 5.41 Å². The fourth-order valence-corrected chi connectivity index (χ4v) is 2.93. The molecule has 1 aromatic carbocycles. The molecule has 1 aromatic rings. The number of amides is 1. The highest BCUT2D eigenvalue weighted by Crippen LogP contribution is 2.36. The Morgan fingerprint density at radius 2 is 2.05 bits per heavy atom. The first-order valence-corrected chi connectivity index (χ1v) is 7.65. The minimum Gasteiger partial charge on any atom is -0.396 e. The van der Waals surface area contributed by atoms with Crippen LogP contribution in [0.5, 0.6) is 0 Å². The van der Waals surface area contributed by atoms with Crippen LogP contribution in [0.15, 0.2) is 24.3 Å². The predicted octanol–water partition coefficient (Wildman–Crippen LogP) is 3.52. The summed E-state index contributed by atoms with van der Waals surface area (Å²) in [5.74, 6) is 0.150. The quantitative estimate of drug-likeness (QED) is 0.863. The maximum absolute atomic E-state index is 12.5. The SMILES string of the molecule is CC1(C(=O)Nc2cccc(CCCO)c2)CCCCC1.